The van der Waals surface area contributed by atoms with Crippen molar-refractivity contribution in [3.05, 3.63) is 23.3 Å². The maximum absolute atomic E-state index is 11.0. The number of aryl methyl sites for hydroxylation is 2. The van der Waals surface area contributed by atoms with Crippen molar-refractivity contribution in [3.8, 4) is 11.5 Å². The van der Waals surface area contributed by atoms with Gasteiger partial charge in [0.15, 0.2) is 0 Å². The second kappa shape index (κ2) is 5.90. The summed E-state index contributed by atoms with van der Waals surface area (Å²) in [6.45, 7) is 3.42. The highest BCUT2D eigenvalue weighted by molar-refractivity contribution is 5.67. The predicted molar refractivity (Wildman–Crippen MR) is 62.0 cm³/mol. The minimum absolute atomic E-state index is 0.344. The van der Waals surface area contributed by atoms with Gasteiger partial charge in [0.05, 0.1) is 14.2 Å². The zero-order valence-corrected chi connectivity index (χ0v) is 10.6. The van der Waals surface area contributed by atoms with Crippen molar-refractivity contribution in [1.82, 2.24) is 0 Å². The van der Waals surface area contributed by atoms with E-state index in [0.717, 1.165) is 0 Å². The van der Waals surface area contributed by atoms with Gasteiger partial charge in [-0.25, -0.2) is 9.59 Å². The molecule has 0 aliphatic heterocycles. The van der Waals surface area contributed by atoms with E-state index in [0.29, 0.717) is 22.6 Å². The molecule has 0 aromatic heterocycles. The molecule has 0 saturated heterocycles. The molecule has 1 aromatic rings. The zero-order valence-electron chi connectivity index (χ0n) is 10.6. The van der Waals surface area contributed by atoms with Crippen molar-refractivity contribution in [3.63, 3.8) is 0 Å². The monoisotopic (exact) mass is 254 g/mol. The molecular weight excluding hydrogens is 240 g/mol. The summed E-state index contributed by atoms with van der Waals surface area (Å²) in [5, 5.41) is 0. The zero-order chi connectivity index (χ0) is 13.7. The summed E-state index contributed by atoms with van der Waals surface area (Å²) in [6, 6.07) is 3.15. The molecule has 6 heteroatoms. The van der Waals surface area contributed by atoms with E-state index in [2.05, 4.69) is 9.47 Å². The van der Waals surface area contributed by atoms with Crippen LogP contribution in [0.5, 0.6) is 11.5 Å². The number of ether oxygens (including phenoxy) is 4. The quantitative estimate of drug-likeness (QED) is 0.596. The summed E-state index contributed by atoms with van der Waals surface area (Å²) >= 11 is 0. The van der Waals surface area contributed by atoms with Crippen LogP contribution in [0, 0.1) is 13.8 Å². The molecule has 0 fully saturated rings. The SMILES string of the molecule is COC(=O)Oc1cc(C)c(OC(=O)OC)cc1C. The van der Waals surface area contributed by atoms with Crippen molar-refractivity contribution < 1.29 is 28.5 Å². The van der Waals surface area contributed by atoms with Gasteiger partial charge >= 0.3 is 12.3 Å². The summed E-state index contributed by atoms with van der Waals surface area (Å²) < 4.78 is 18.6. The Morgan fingerprint density at radius 2 is 1.17 bits per heavy atom. The molecule has 98 valence electrons. The molecule has 0 radical (unpaired) electrons. The van der Waals surface area contributed by atoms with E-state index in [9.17, 15) is 9.59 Å². The number of hydrogen-bond acceptors (Lipinski definition) is 6. The Kier molecular flexibility index (Phi) is 4.53. The minimum atomic E-state index is -0.806. The lowest BCUT2D eigenvalue weighted by molar-refractivity contribution is 0.118. The van der Waals surface area contributed by atoms with Crippen LogP contribution < -0.4 is 9.47 Å². The molecular formula is C12H14O6. The number of methoxy groups -OCH3 is 2. The molecule has 0 N–H and O–H groups in total. The Morgan fingerprint density at radius 3 is 1.44 bits per heavy atom. The number of carbonyl (C=O) groups excluding carboxylic acids is 2. The molecule has 0 saturated carbocycles. The molecule has 0 unspecified atom stereocenters. The number of benzene rings is 1. The van der Waals surface area contributed by atoms with Crippen molar-refractivity contribution in [1.29, 1.82) is 0 Å². The topological polar surface area (TPSA) is 71.1 Å². The van der Waals surface area contributed by atoms with Crippen LogP contribution in [0.1, 0.15) is 11.1 Å². The lowest BCUT2D eigenvalue weighted by Gasteiger charge is -2.11. The van der Waals surface area contributed by atoms with Crippen molar-refractivity contribution in [2.45, 2.75) is 13.8 Å². The first-order chi connectivity index (χ1) is 8.47. The first-order valence-corrected chi connectivity index (χ1v) is 5.10. The molecule has 0 atom stereocenters. The highest BCUT2D eigenvalue weighted by Gasteiger charge is 2.13. The molecule has 18 heavy (non-hydrogen) atoms. The molecule has 0 heterocycles. The summed E-state index contributed by atoms with van der Waals surface area (Å²) in [7, 11) is 2.44. The van der Waals surface area contributed by atoms with Crippen LogP contribution in [0.25, 0.3) is 0 Å². The van der Waals surface area contributed by atoms with Gasteiger partial charge in [-0.3, -0.25) is 0 Å². The minimum Gasteiger partial charge on any atom is -0.437 e. The summed E-state index contributed by atoms with van der Waals surface area (Å²) in [5.41, 5.74) is 1.26. The highest BCUT2D eigenvalue weighted by Crippen LogP contribution is 2.28. The van der Waals surface area contributed by atoms with E-state index >= 15 is 0 Å². The number of rotatable bonds is 2. The maximum atomic E-state index is 11.0. The number of hydrogen-bond donors (Lipinski definition) is 0. The van der Waals surface area contributed by atoms with E-state index in [1.165, 1.54) is 14.2 Å². The van der Waals surface area contributed by atoms with Gasteiger partial charge in [0.25, 0.3) is 0 Å². The normalized spacial score (nSPS) is 9.56. The fourth-order valence-electron chi connectivity index (χ4n) is 1.25. The molecule has 1 rings (SSSR count). The van der Waals surface area contributed by atoms with Crippen LogP contribution in [0.2, 0.25) is 0 Å². The summed E-state index contributed by atoms with van der Waals surface area (Å²) in [5.74, 6) is 0.688. The molecule has 0 aliphatic carbocycles. The predicted octanol–water partition coefficient (Wildman–Crippen LogP) is 2.59. The Balaban J connectivity index is 2.96. The van der Waals surface area contributed by atoms with Gasteiger partial charge in [0, 0.05) is 0 Å². The van der Waals surface area contributed by atoms with Gasteiger partial charge < -0.3 is 18.9 Å². The highest BCUT2D eigenvalue weighted by atomic mass is 16.7. The standard InChI is InChI=1S/C12H14O6/c1-7-5-10(18-12(14)16-4)8(2)6-9(7)17-11(13)15-3/h5-6H,1-4H3. The first-order valence-electron chi connectivity index (χ1n) is 5.10. The van der Waals surface area contributed by atoms with E-state index in [1.54, 1.807) is 26.0 Å². The Bertz CT molecular complexity index is 422. The summed E-state index contributed by atoms with van der Waals surface area (Å²) in [4.78, 5) is 22.0. The van der Waals surface area contributed by atoms with Crippen LogP contribution in [0.3, 0.4) is 0 Å². The molecule has 0 bridgehead atoms. The van der Waals surface area contributed by atoms with Gasteiger partial charge in [-0.15, -0.1) is 0 Å². The second-order valence-electron chi connectivity index (χ2n) is 3.50. The van der Waals surface area contributed by atoms with Crippen LogP contribution in [0.15, 0.2) is 12.1 Å². The van der Waals surface area contributed by atoms with Gasteiger partial charge in [0.2, 0.25) is 0 Å². The van der Waals surface area contributed by atoms with E-state index in [1.807, 2.05) is 0 Å². The molecule has 0 aliphatic rings. The van der Waals surface area contributed by atoms with Gasteiger partial charge in [0.1, 0.15) is 11.5 Å². The molecule has 0 spiro atoms. The van der Waals surface area contributed by atoms with Crippen molar-refractivity contribution in [2.24, 2.45) is 0 Å². The third-order valence-electron chi connectivity index (χ3n) is 2.19. The van der Waals surface area contributed by atoms with E-state index in [4.69, 9.17) is 9.47 Å². The first kappa shape index (κ1) is 13.8. The maximum Gasteiger partial charge on any atom is 0.513 e. The van der Waals surface area contributed by atoms with Gasteiger partial charge in [-0.05, 0) is 37.1 Å². The third-order valence-corrected chi connectivity index (χ3v) is 2.19. The Morgan fingerprint density at radius 1 is 0.833 bits per heavy atom. The summed E-state index contributed by atoms with van der Waals surface area (Å²) in [6.07, 6.45) is -1.61. The molecule has 1 aromatic carbocycles. The van der Waals surface area contributed by atoms with Crippen LogP contribution in [0.4, 0.5) is 9.59 Å². The fraction of sp³-hybridized carbons (Fsp3) is 0.333. The van der Waals surface area contributed by atoms with Gasteiger partial charge in [-0.1, -0.05) is 0 Å². The van der Waals surface area contributed by atoms with Crippen LogP contribution in [-0.4, -0.2) is 26.5 Å². The van der Waals surface area contributed by atoms with Crippen LogP contribution in [-0.2, 0) is 9.47 Å². The van der Waals surface area contributed by atoms with E-state index in [-0.39, 0.29) is 0 Å². The second-order valence-corrected chi connectivity index (χ2v) is 3.50. The number of carbonyl (C=O) groups is 2. The Labute approximate surface area is 104 Å². The van der Waals surface area contributed by atoms with E-state index < -0.39 is 12.3 Å². The van der Waals surface area contributed by atoms with Crippen LogP contribution >= 0.6 is 0 Å². The van der Waals surface area contributed by atoms with Crippen molar-refractivity contribution >= 4 is 12.3 Å². The third kappa shape index (κ3) is 3.38. The fourth-order valence-corrected chi connectivity index (χ4v) is 1.25. The largest absolute Gasteiger partial charge is 0.513 e. The molecule has 6 nitrogen and oxygen atoms in total. The molecule has 0 amide bonds. The lowest BCUT2D eigenvalue weighted by Crippen LogP contribution is -2.10. The average Bonchev–Trinajstić information content (AvgIpc) is 2.34. The average molecular weight is 254 g/mol. The Hall–Kier alpha value is -2.24. The van der Waals surface area contributed by atoms with Gasteiger partial charge in [-0.2, -0.15) is 0 Å². The van der Waals surface area contributed by atoms with Crippen molar-refractivity contribution in [2.75, 3.05) is 14.2 Å². The smallest absolute Gasteiger partial charge is 0.437 e. The lowest BCUT2D eigenvalue weighted by atomic mass is 10.1.